The van der Waals surface area contributed by atoms with E-state index >= 15 is 0 Å². The number of amides is 1. The van der Waals surface area contributed by atoms with Crippen LogP contribution < -0.4 is 10.1 Å². The summed E-state index contributed by atoms with van der Waals surface area (Å²) in [6.45, 7) is 7.12. The van der Waals surface area contributed by atoms with Gasteiger partial charge in [-0.2, -0.15) is 0 Å². The number of methoxy groups -OCH3 is 1. The van der Waals surface area contributed by atoms with E-state index < -0.39 is 5.97 Å². The zero-order valence-corrected chi connectivity index (χ0v) is 30.6. The minimum absolute atomic E-state index is 0.112. The molecule has 1 saturated carbocycles. The molecule has 2 atom stereocenters. The lowest BCUT2D eigenvalue weighted by atomic mass is 9.79. The van der Waals surface area contributed by atoms with Crippen molar-refractivity contribution >= 4 is 22.8 Å². The number of para-hydroxylation sites is 1. The van der Waals surface area contributed by atoms with E-state index in [-0.39, 0.29) is 23.7 Å². The van der Waals surface area contributed by atoms with Crippen LogP contribution in [-0.2, 0) is 27.4 Å². The predicted molar refractivity (Wildman–Crippen MR) is 205 cm³/mol. The van der Waals surface area contributed by atoms with E-state index in [1.54, 1.807) is 7.11 Å². The quantitative estimate of drug-likeness (QED) is 0.124. The molecule has 276 valence electrons. The van der Waals surface area contributed by atoms with Gasteiger partial charge < -0.3 is 34.3 Å². The first-order chi connectivity index (χ1) is 25.5. The van der Waals surface area contributed by atoms with Gasteiger partial charge in [-0.25, -0.2) is 0 Å². The van der Waals surface area contributed by atoms with E-state index in [2.05, 4.69) is 86.5 Å². The van der Waals surface area contributed by atoms with Crippen LogP contribution in [-0.4, -0.2) is 90.4 Å². The van der Waals surface area contributed by atoms with Crippen molar-refractivity contribution in [2.24, 2.45) is 11.8 Å². The van der Waals surface area contributed by atoms with Crippen LogP contribution in [0, 0.1) is 11.8 Å². The number of piperidine rings is 2. The number of rotatable bonds is 16. The van der Waals surface area contributed by atoms with E-state index in [4.69, 9.17) is 9.47 Å². The SMILES string of the molecule is COCCCn1cc(CN(C(=O)[C@H]2CNCC[C@@H]2c2cccc(-c3ccc(OCCCN4CCC(C(=O)O)CC4)cc3)c2)C2CC2)c2ccccc21. The lowest BCUT2D eigenvalue weighted by molar-refractivity contribution is -0.143. The molecule has 7 rings (SSSR count). The molecule has 0 bridgehead atoms. The molecule has 0 spiro atoms. The Balaban J connectivity index is 0.991. The third-order valence-electron chi connectivity index (χ3n) is 11.4. The van der Waals surface area contributed by atoms with E-state index in [9.17, 15) is 14.7 Å². The average molecular weight is 707 g/mol. The first kappa shape index (κ1) is 36.2. The van der Waals surface area contributed by atoms with Gasteiger partial charge in [0.2, 0.25) is 5.91 Å². The van der Waals surface area contributed by atoms with Crippen molar-refractivity contribution in [3.8, 4) is 16.9 Å². The molecule has 3 fully saturated rings. The maximum atomic E-state index is 14.6. The first-order valence-corrected chi connectivity index (χ1v) is 19.3. The number of aromatic nitrogens is 1. The van der Waals surface area contributed by atoms with Crippen molar-refractivity contribution in [3.05, 3.63) is 90.1 Å². The highest BCUT2D eigenvalue weighted by atomic mass is 16.5. The largest absolute Gasteiger partial charge is 0.494 e. The molecule has 0 unspecified atom stereocenters. The van der Waals surface area contributed by atoms with E-state index in [1.807, 2.05) is 12.1 Å². The fraction of sp³-hybridized carbons (Fsp3) is 0.488. The van der Waals surface area contributed by atoms with Gasteiger partial charge in [-0.05, 0) is 111 Å². The van der Waals surface area contributed by atoms with Gasteiger partial charge in [0.05, 0.1) is 18.4 Å². The van der Waals surface area contributed by atoms with Gasteiger partial charge >= 0.3 is 5.97 Å². The number of aliphatic carboxylic acids is 1. The topological polar surface area (TPSA) is 96.3 Å². The number of benzene rings is 3. The number of carboxylic acids is 1. The normalized spacial score (nSPS) is 19.9. The van der Waals surface area contributed by atoms with E-state index in [0.29, 0.717) is 25.7 Å². The molecule has 3 heterocycles. The molecule has 4 aromatic rings. The number of hydrogen-bond donors (Lipinski definition) is 2. The third-order valence-corrected chi connectivity index (χ3v) is 11.4. The number of carbonyl (C=O) groups excluding carboxylic acids is 1. The Morgan fingerprint density at radius 2 is 1.67 bits per heavy atom. The Bertz CT molecular complexity index is 1790. The summed E-state index contributed by atoms with van der Waals surface area (Å²) in [7, 11) is 1.75. The van der Waals surface area contributed by atoms with Gasteiger partial charge in [-0.15, -0.1) is 0 Å². The smallest absolute Gasteiger partial charge is 0.306 e. The highest BCUT2D eigenvalue weighted by molar-refractivity contribution is 5.86. The van der Waals surface area contributed by atoms with Gasteiger partial charge in [0, 0.05) is 63.0 Å². The van der Waals surface area contributed by atoms with Crippen molar-refractivity contribution in [2.45, 2.75) is 70.0 Å². The Morgan fingerprint density at radius 1 is 0.885 bits per heavy atom. The maximum absolute atomic E-state index is 14.6. The Kier molecular flexibility index (Phi) is 11.9. The number of nitrogens with one attached hydrogen (secondary N) is 1. The summed E-state index contributed by atoms with van der Waals surface area (Å²) in [4.78, 5) is 30.3. The number of aryl methyl sites for hydroxylation is 1. The van der Waals surface area contributed by atoms with Crippen molar-refractivity contribution in [2.75, 3.05) is 53.0 Å². The molecule has 52 heavy (non-hydrogen) atoms. The summed E-state index contributed by atoms with van der Waals surface area (Å²) < 4.78 is 13.7. The summed E-state index contributed by atoms with van der Waals surface area (Å²) in [5.41, 5.74) is 5.96. The van der Waals surface area contributed by atoms with Gasteiger partial charge in [0.15, 0.2) is 0 Å². The molecule has 2 saturated heterocycles. The summed E-state index contributed by atoms with van der Waals surface area (Å²) in [5, 5.41) is 14.0. The van der Waals surface area contributed by atoms with Crippen LogP contribution in [0.1, 0.15) is 62.0 Å². The molecule has 1 aliphatic carbocycles. The lowest BCUT2D eigenvalue weighted by Gasteiger charge is -2.36. The van der Waals surface area contributed by atoms with Gasteiger partial charge in [-0.1, -0.05) is 54.6 Å². The minimum Gasteiger partial charge on any atom is -0.494 e. The zero-order chi connectivity index (χ0) is 35.9. The van der Waals surface area contributed by atoms with Crippen LogP contribution in [0.2, 0.25) is 0 Å². The van der Waals surface area contributed by atoms with E-state index in [1.165, 1.54) is 22.0 Å². The second-order valence-corrected chi connectivity index (χ2v) is 14.9. The molecule has 3 aliphatic rings. The van der Waals surface area contributed by atoms with Crippen molar-refractivity contribution in [3.63, 3.8) is 0 Å². The molecule has 0 radical (unpaired) electrons. The summed E-state index contributed by atoms with van der Waals surface area (Å²) in [6.07, 6.45) is 8.66. The molecular weight excluding hydrogens is 652 g/mol. The number of fused-ring (bicyclic) bond motifs is 1. The molecule has 2 N–H and O–H groups in total. The van der Waals surface area contributed by atoms with Crippen molar-refractivity contribution < 1.29 is 24.2 Å². The molecule has 2 aliphatic heterocycles. The van der Waals surface area contributed by atoms with E-state index in [0.717, 1.165) is 101 Å². The number of carbonyl (C=O) groups is 2. The third kappa shape index (κ3) is 8.71. The first-order valence-electron chi connectivity index (χ1n) is 19.3. The second kappa shape index (κ2) is 17.1. The lowest BCUT2D eigenvalue weighted by Crippen LogP contribution is -2.47. The summed E-state index contributed by atoms with van der Waals surface area (Å²) in [5.74, 6) is 0.308. The molecule has 9 nitrogen and oxygen atoms in total. The highest BCUT2D eigenvalue weighted by Crippen LogP contribution is 2.38. The number of carboxylic acid groups (broad SMARTS) is 1. The number of hydrogen-bond acceptors (Lipinski definition) is 6. The Morgan fingerprint density at radius 3 is 2.44 bits per heavy atom. The van der Waals surface area contributed by atoms with Crippen LogP contribution in [0.5, 0.6) is 5.75 Å². The Labute approximate surface area is 307 Å². The molecular formula is C43H54N4O5. The zero-order valence-electron chi connectivity index (χ0n) is 30.6. The minimum atomic E-state index is -0.666. The summed E-state index contributed by atoms with van der Waals surface area (Å²) in [6, 6.07) is 26.0. The monoisotopic (exact) mass is 706 g/mol. The van der Waals surface area contributed by atoms with Crippen molar-refractivity contribution in [1.29, 1.82) is 0 Å². The molecule has 1 aromatic heterocycles. The maximum Gasteiger partial charge on any atom is 0.306 e. The van der Waals surface area contributed by atoms with Gasteiger partial charge in [-0.3, -0.25) is 9.59 Å². The second-order valence-electron chi connectivity index (χ2n) is 14.9. The van der Waals surface area contributed by atoms with Gasteiger partial charge in [0.1, 0.15) is 5.75 Å². The van der Waals surface area contributed by atoms with Crippen LogP contribution in [0.3, 0.4) is 0 Å². The highest BCUT2D eigenvalue weighted by Gasteiger charge is 2.40. The van der Waals surface area contributed by atoms with Crippen molar-refractivity contribution in [1.82, 2.24) is 19.7 Å². The van der Waals surface area contributed by atoms with Crippen LogP contribution in [0.4, 0.5) is 0 Å². The molecule has 9 heteroatoms. The fourth-order valence-electron chi connectivity index (χ4n) is 8.27. The Hall–Kier alpha value is -4.18. The fourth-order valence-corrected chi connectivity index (χ4v) is 8.27. The predicted octanol–water partition coefficient (Wildman–Crippen LogP) is 6.79. The van der Waals surface area contributed by atoms with Crippen LogP contribution in [0.25, 0.3) is 22.0 Å². The standard InChI is InChI=1S/C43H54N4O5/c1-51-25-6-22-46-29-35(39-9-2-3-10-41(39)46)30-47(36-13-14-36)42(48)40-28-44-20-17-38(40)34-8-4-7-33(27-34)31-11-15-37(16-12-31)52-26-5-21-45-23-18-32(19-24-45)43(49)50/h2-4,7-12,15-16,27,29,32,36,38,40,44H,5-6,13-14,17-26,28,30H2,1H3,(H,49,50)/t38-,40+/m1/s1. The van der Waals surface area contributed by atoms with Crippen LogP contribution >= 0.6 is 0 Å². The molecule has 3 aromatic carbocycles. The van der Waals surface area contributed by atoms with Gasteiger partial charge in [0.25, 0.3) is 0 Å². The summed E-state index contributed by atoms with van der Waals surface area (Å²) >= 11 is 0. The average Bonchev–Trinajstić information content (AvgIpc) is 3.97. The number of nitrogens with zero attached hydrogens (tertiary/aromatic N) is 3. The van der Waals surface area contributed by atoms with Crippen LogP contribution in [0.15, 0.2) is 79.0 Å². The number of likely N-dealkylation sites (tertiary alicyclic amines) is 1. The number of ether oxygens (including phenoxy) is 2. The molecule has 1 amide bonds.